The van der Waals surface area contributed by atoms with Gasteiger partial charge in [-0.15, -0.1) is 0 Å². The van der Waals surface area contributed by atoms with Crippen molar-refractivity contribution in [3.63, 3.8) is 0 Å². The molecule has 0 saturated heterocycles. The molecule has 0 bridgehead atoms. The quantitative estimate of drug-likeness (QED) is 0.450. The predicted molar refractivity (Wildman–Crippen MR) is 64.2 cm³/mol. The third-order valence-corrected chi connectivity index (χ3v) is 2.12. The van der Waals surface area contributed by atoms with Gasteiger partial charge in [-0.05, 0) is 6.92 Å². The van der Waals surface area contributed by atoms with E-state index in [1.54, 1.807) is 19.3 Å². The summed E-state index contributed by atoms with van der Waals surface area (Å²) in [5.74, 6) is -1.14. The fourth-order valence-electron chi connectivity index (χ4n) is 1.23. The highest BCUT2D eigenvalue weighted by Gasteiger charge is 2.12. The van der Waals surface area contributed by atoms with Gasteiger partial charge in [0.1, 0.15) is 12.4 Å². The van der Waals surface area contributed by atoms with E-state index in [2.05, 4.69) is 25.9 Å². The summed E-state index contributed by atoms with van der Waals surface area (Å²) in [6.07, 6.45) is 3.19. The first-order valence-electron chi connectivity index (χ1n) is 5.51. The third kappa shape index (κ3) is 5.52. The van der Waals surface area contributed by atoms with Crippen LogP contribution in [-0.2, 0) is 9.59 Å². The Kier molecular flexibility index (Phi) is 5.33. The maximum absolute atomic E-state index is 11.4. The Morgan fingerprint density at radius 1 is 1.37 bits per heavy atom. The number of carbonyl (C=O) groups excluding carboxylic acids is 2. The number of carboxylic acid groups (broad SMARTS) is 1. The number of nitrogens with zero attached hydrogens (tertiary/aromatic N) is 1. The number of hydrogen-bond acceptors (Lipinski definition) is 4. The first-order valence-corrected chi connectivity index (χ1v) is 5.51. The molecule has 3 amide bonds. The summed E-state index contributed by atoms with van der Waals surface area (Å²) in [6.45, 7) is 0.942. The van der Waals surface area contributed by atoms with Crippen molar-refractivity contribution < 1.29 is 19.5 Å². The molecular weight excluding hydrogens is 254 g/mol. The van der Waals surface area contributed by atoms with Gasteiger partial charge in [0.15, 0.2) is 0 Å². The Morgan fingerprint density at radius 2 is 2.11 bits per heavy atom. The van der Waals surface area contributed by atoms with Crippen molar-refractivity contribution in [3.8, 4) is 0 Å². The number of urea groups is 1. The van der Waals surface area contributed by atoms with Crippen molar-refractivity contribution in [2.75, 3.05) is 13.1 Å². The Morgan fingerprint density at radius 3 is 2.68 bits per heavy atom. The van der Waals surface area contributed by atoms with E-state index in [0.29, 0.717) is 5.82 Å². The number of aliphatic carboxylic acids is 1. The number of aromatic amines is 1. The number of carboxylic acids is 1. The minimum absolute atomic E-state index is 0.302. The highest BCUT2D eigenvalue weighted by atomic mass is 16.4. The molecular formula is C10H15N5O4. The summed E-state index contributed by atoms with van der Waals surface area (Å²) < 4.78 is 0. The Balaban J connectivity index is 2.24. The molecule has 9 heteroatoms. The monoisotopic (exact) mass is 269 g/mol. The molecule has 1 rings (SSSR count). The van der Waals surface area contributed by atoms with Crippen LogP contribution in [0.25, 0.3) is 0 Å². The summed E-state index contributed by atoms with van der Waals surface area (Å²) in [5, 5.41) is 15.3. The molecule has 0 spiro atoms. The first-order chi connectivity index (χ1) is 8.99. The molecule has 1 aromatic heterocycles. The van der Waals surface area contributed by atoms with Crippen LogP contribution in [0.1, 0.15) is 18.8 Å². The number of rotatable bonds is 6. The zero-order chi connectivity index (χ0) is 14.3. The summed E-state index contributed by atoms with van der Waals surface area (Å²) >= 11 is 0. The van der Waals surface area contributed by atoms with Crippen LogP contribution in [-0.4, -0.2) is 46.1 Å². The molecule has 19 heavy (non-hydrogen) atoms. The van der Waals surface area contributed by atoms with E-state index in [0.717, 1.165) is 0 Å². The predicted octanol–water partition coefficient (Wildman–Crippen LogP) is -1.03. The van der Waals surface area contributed by atoms with Gasteiger partial charge in [0, 0.05) is 12.4 Å². The zero-order valence-electron chi connectivity index (χ0n) is 10.3. The summed E-state index contributed by atoms with van der Waals surface area (Å²) in [5.41, 5.74) is 0. The van der Waals surface area contributed by atoms with Gasteiger partial charge in [-0.3, -0.25) is 9.59 Å². The fraction of sp³-hybridized carbons (Fsp3) is 0.400. The number of amides is 3. The largest absolute Gasteiger partial charge is 0.480 e. The molecule has 1 unspecified atom stereocenters. The van der Waals surface area contributed by atoms with E-state index in [-0.39, 0.29) is 12.6 Å². The fourth-order valence-corrected chi connectivity index (χ4v) is 1.23. The van der Waals surface area contributed by atoms with Crippen LogP contribution in [0.5, 0.6) is 0 Å². The molecule has 5 N–H and O–H groups in total. The molecule has 0 aliphatic heterocycles. The molecule has 0 saturated carbocycles. The number of aromatic nitrogens is 2. The smallest absolute Gasteiger partial charge is 0.322 e. The molecule has 0 aromatic carbocycles. The number of imidazole rings is 1. The van der Waals surface area contributed by atoms with Crippen molar-refractivity contribution in [2.45, 2.75) is 13.0 Å². The lowest BCUT2D eigenvalue weighted by molar-refractivity contribution is -0.137. The van der Waals surface area contributed by atoms with Crippen molar-refractivity contribution in [1.29, 1.82) is 0 Å². The lowest BCUT2D eigenvalue weighted by Gasteiger charge is -2.12. The average molecular weight is 269 g/mol. The zero-order valence-corrected chi connectivity index (χ0v) is 10.3. The van der Waals surface area contributed by atoms with Crippen molar-refractivity contribution in [3.05, 3.63) is 18.2 Å². The summed E-state index contributed by atoms with van der Waals surface area (Å²) in [6, 6.07) is -0.883. The molecule has 1 aromatic rings. The van der Waals surface area contributed by atoms with Gasteiger partial charge in [-0.1, -0.05) is 0 Å². The van der Waals surface area contributed by atoms with Gasteiger partial charge in [0.25, 0.3) is 0 Å². The van der Waals surface area contributed by atoms with Crippen molar-refractivity contribution in [2.24, 2.45) is 0 Å². The highest BCUT2D eigenvalue weighted by Crippen LogP contribution is 2.03. The molecule has 9 nitrogen and oxygen atoms in total. The van der Waals surface area contributed by atoms with Crippen LogP contribution in [0.3, 0.4) is 0 Å². The van der Waals surface area contributed by atoms with Crippen LogP contribution in [0.2, 0.25) is 0 Å². The second-order valence-corrected chi connectivity index (χ2v) is 3.69. The van der Waals surface area contributed by atoms with Crippen LogP contribution >= 0.6 is 0 Å². The lowest BCUT2D eigenvalue weighted by atomic mass is 10.3. The maximum Gasteiger partial charge on any atom is 0.322 e. The summed E-state index contributed by atoms with van der Waals surface area (Å²) in [4.78, 5) is 39.6. The molecule has 0 radical (unpaired) electrons. The van der Waals surface area contributed by atoms with Gasteiger partial charge < -0.3 is 26.0 Å². The SMILES string of the molecule is CC(NC(=O)NCC(=O)NCC(=O)O)c1ncc[nH]1. The van der Waals surface area contributed by atoms with E-state index in [9.17, 15) is 14.4 Å². The van der Waals surface area contributed by atoms with Crippen LogP contribution < -0.4 is 16.0 Å². The lowest BCUT2D eigenvalue weighted by Crippen LogP contribution is -2.43. The van der Waals surface area contributed by atoms with Crippen molar-refractivity contribution >= 4 is 17.9 Å². The van der Waals surface area contributed by atoms with Gasteiger partial charge in [0.05, 0.1) is 12.6 Å². The minimum atomic E-state index is -1.15. The van der Waals surface area contributed by atoms with Gasteiger partial charge in [0.2, 0.25) is 5.91 Å². The minimum Gasteiger partial charge on any atom is -0.480 e. The maximum atomic E-state index is 11.4. The number of nitrogens with one attached hydrogen (secondary N) is 4. The Hall–Kier alpha value is -2.58. The third-order valence-electron chi connectivity index (χ3n) is 2.12. The molecule has 1 atom stereocenters. The first kappa shape index (κ1) is 14.5. The molecule has 0 fully saturated rings. The van der Waals surface area contributed by atoms with E-state index in [4.69, 9.17) is 5.11 Å². The number of H-pyrrole nitrogens is 1. The van der Waals surface area contributed by atoms with E-state index in [1.165, 1.54) is 0 Å². The Labute approximate surface area is 108 Å². The van der Waals surface area contributed by atoms with Crippen LogP contribution in [0.15, 0.2) is 12.4 Å². The standard InChI is InChI=1S/C10H15N5O4/c1-6(9-11-2-3-12-9)15-10(19)14-4-7(16)13-5-8(17)18/h2-3,6H,4-5H2,1H3,(H,11,12)(H,13,16)(H,17,18)(H2,14,15,19). The topological polar surface area (TPSA) is 136 Å². The number of carbonyl (C=O) groups is 3. The normalized spacial score (nSPS) is 11.4. The van der Waals surface area contributed by atoms with E-state index >= 15 is 0 Å². The van der Waals surface area contributed by atoms with Crippen molar-refractivity contribution in [1.82, 2.24) is 25.9 Å². The molecule has 104 valence electrons. The number of hydrogen-bond donors (Lipinski definition) is 5. The second kappa shape index (κ2) is 6.99. The van der Waals surface area contributed by atoms with E-state index in [1.807, 2.05) is 0 Å². The molecule has 0 aliphatic carbocycles. The van der Waals surface area contributed by atoms with Gasteiger partial charge >= 0.3 is 12.0 Å². The second-order valence-electron chi connectivity index (χ2n) is 3.69. The van der Waals surface area contributed by atoms with Crippen LogP contribution in [0, 0.1) is 0 Å². The Bertz CT molecular complexity index is 445. The van der Waals surface area contributed by atoms with Crippen LogP contribution in [0.4, 0.5) is 4.79 Å². The summed E-state index contributed by atoms with van der Waals surface area (Å²) in [7, 11) is 0. The van der Waals surface area contributed by atoms with E-state index < -0.39 is 24.5 Å². The molecule has 0 aliphatic rings. The molecule has 1 heterocycles. The highest BCUT2D eigenvalue weighted by molar-refractivity contribution is 5.86. The van der Waals surface area contributed by atoms with Gasteiger partial charge in [-0.25, -0.2) is 9.78 Å². The van der Waals surface area contributed by atoms with Gasteiger partial charge in [-0.2, -0.15) is 0 Å². The average Bonchev–Trinajstić information content (AvgIpc) is 2.87.